The lowest BCUT2D eigenvalue weighted by Crippen LogP contribution is -1.77. The van der Waals surface area contributed by atoms with E-state index in [0.29, 0.717) is 0 Å². The highest BCUT2D eigenvalue weighted by Gasteiger charge is 1.87. The van der Waals surface area contributed by atoms with Gasteiger partial charge in [-0.1, -0.05) is 57.3 Å². The predicted octanol–water partition coefficient (Wildman–Crippen LogP) is 5.26. The summed E-state index contributed by atoms with van der Waals surface area (Å²) >= 11 is 0. The van der Waals surface area contributed by atoms with E-state index in [0.717, 1.165) is 6.42 Å². The Morgan fingerprint density at radius 2 is 1.43 bits per heavy atom. The van der Waals surface area contributed by atoms with Gasteiger partial charge in [0.05, 0.1) is 0 Å². The van der Waals surface area contributed by atoms with Gasteiger partial charge in [-0.2, -0.15) is 0 Å². The SMILES string of the molecule is C=CCC/C=C/CCCCCCCC. The lowest BCUT2D eigenvalue weighted by Gasteiger charge is -1.97. The van der Waals surface area contributed by atoms with Crippen LogP contribution in [0.3, 0.4) is 0 Å². The highest BCUT2D eigenvalue weighted by molar-refractivity contribution is 4.84. The van der Waals surface area contributed by atoms with Crippen molar-refractivity contribution in [1.29, 1.82) is 0 Å². The normalized spacial score (nSPS) is 10.9. The van der Waals surface area contributed by atoms with Gasteiger partial charge in [0.2, 0.25) is 0 Å². The van der Waals surface area contributed by atoms with Crippen LogP contribution in [0.2, 0.25) is 0 Å². The highest BCUT2D eigenvalue weighted by Crippen LogP contribution is 2.07. The molecule has 0 rings (SSSR count). The highest BCUT2D eigenvalue weighted by atomic mass is 13.9. The van der Waals surface area contributed by atoms with Crippen LogP contribution in [0.15, 0.2) is 24.8 Å². The van der Waals surface area contributed by atoms with Crippen molar-refractivity contribution in [1.82, 2.24) is 0 Å². The van der Waals surface area contributed by atoms with Crippen molar-refractivity contribution in [3.63, 3.8) is 0 Å². The van der Waals surface area contributed by atoms with E-state index in [1.165, 1.54) is 51.4 Å². The molecule has 0 bridgehead atoms. The van der Waals surface area contributed by atoms with Crippen LogP contribution in [0.5, 0.6) is 0 Å². The molecule has 0 aliphatic rings. The first-order chi connectivity index (χ1) is 6.91. The van der Waals surface area contributed by atoms with Crippen LogP contribution in [0.25, 0.3) is 0 Å². The molecule has 0 aromatic rings. The third-order valence-corrected chi connectivity index (χ3v) is 2.43. The lowest BCUT2D eigenvalue weighted by molar-refractivity contribution is 0.611. The summed E-state index contributed by atoms with van der Waals surface area (Å²) in [5.74, 6) is 0. The molecule has 0 unspecified atom stereocenters. The molecule has 0 fully saturated rings. The van der Waals surface area contributed by atoms with Crippen molar-refractivity contribution in [3.05, 3.63) is 24.8 Å². The minimum Gasteiger partial charge on any atom is -0.103 e. The van der Waals surface area contributed by atoms with E-state index in [1.807, 2.05) is 6.08 Å². The fraction of sp³-hybridized carbons (Fsp3) is 0.714. The summed E-state index contributed by atoms with van der Waals surface area (Å²) in [5, 5.41) is 0. The minimum absolute atomic E-state index is 1.12. The third kappa shape index (κ3) is 11.5. The Hall–Kier alpha value is -0.520. The van der Waals surface area contributed by atoms with E-state index in [2.05, 4.69) is 25.7 Å². The largest absolute Gasteiger partial charge is 0.103 e. The molecule has 0 saturated heterocycles. The van der Waals surface area contributed by atoms with Crippen LogP contribution >= 0.6 is 0 Å². The first kappa shape index (κ1) is 13.5. The van der Waals surface area contributed by atoms with Crippen LogP contribution in [0, 0.1) is 0 Å². The Balaban J connectivity index is 2.97. The predicted molar refractivity (Wildman–Crippen MR) is 66.6 cm³/mol. The summed E-state index contributed by atoms with van der Waals surface area (Å²) in [4.78, 5) is 0. The van der Waals surface area contributed by atoms with Crippen molar-refractivity contribution in [2.24, 2.45) is 0 Å². The zero-order valence-corrected chi connectivity index (χ0v) is 9.80. The smallest absolute Gasteiger partial charge is 0.0316 e. The van der Waals surface area contributed by atoms with Crippen LogP contribution in [0.1, 0.15) is 64.7 Å². The molecule has 0 heterocycles. The maximum atomic E-state index is 3.70. The summed E-state index contributed by atoms with van der Waals surface area (Å²) in [6.45, 7) is 5.97. The van der Waals surface area contributed by atoms with E-state index in [1.54, 1.807) is 0 Å². The van der Waals surface area contributed by atoms with Crippen LogP contribution < -0.4 is 0 Å². The summed E-state index contributed by atoms with van der Waals surface area (Å²) in [6.07, 6.45) is 18.5. The Labute approximate surface area is 90.1 Å². The molecule has 0 spiro atoms. The number of allylic oxidation sites excluding steroid dienone is 3. The molecule has 0 atom stereocenters. The van der Waals surface area contributed by atoms with Gasteiger partial charge in [0.15, 0.2) is 0 Å². The molecule has 0 aromatic heterocycles. The van der Waals surface area contributed by atoms with E-state index < -0.39 is 0 Å². The molecule has 0 N–H and O–H groups in total. The van der Waals surface area contributed by atoms with E-state index >= 15 is 0 Å². The summed E-state index contributed by atoms with van der Waals surface area (Å²) in [5.41, 5.74) is 0. The second-order valence-corrected chi connectivity index (χ2v) is 3.89. The third-order valence-electron chi connectivity index (χ3n) is 2.43. The van der Waals surface area contributed by atoms with Gasteiger partial charge >= 0.3 is 0 Å². The fourth-order valence-corrected chi connectivity index (χ4v) is 1.49. The van der Waals surface area contributed by atoms with Gasteiger partial charge in [0.1, 0.15) is 0 Å². The zero-order chi connectivity index (χ0) is 10.5. The first-order valence-electron chi connectivity index (χ1n) is 6.17. The van der Waals surface area contributed by atoms with E-state index in [9.17, 15) is 0 Å². The van der Waals surface area contributed by atoms with Gasteiger partial charge in [-0.05, 0) is 25.7 Å². The number of rotatable bonds is 10. The molecule has 0 nitrogen and oxygen atoms in total. The second kappa shape index (κ2) is 12.5. The van der Waals surface area contributed by atoms with Crippen molar-refractivity contribution >= 4 is 0 Å². The molecule has 0 radical (unpaired) electrons. The first-order valence-corrected chi connectivity index (χ1v) is 6.17. The zero-order valence-electron chi connectivity index (χ0n) is 9.80. The number of hydrogen-bond donors (Lipinski definition) is 0. The van der Waals surface area contributed by atoms with E-state index in [-0.39, 0.29) is 0 Å². The van der Waals surface area contributed by atoms with Gasteiger partial charge in [-0.3, -0.25) is 0 Å². The number of unbranched alkanes of at least 4 members (excludes halogenated alkanes) is 7. The molecule has 0 saturated carbocycles. The topological polar surface area (TPSA) is 0 Å². The number of hydrogen-bond acceptors (Lipinski definition) is 0. The molecule has 0 aromatic carbocycles. The van der Waals surface area contributed by atoms with Crippen molar-refractivity contribution < 1.29 is 0 Å². The quantitative estimate of drug-likeness (QED) is 0.329. The van der Waals surface area contributed by atoms with Crippen molar-refractivity contribution in [3.8, 4) is 0 Å². The summed E-state index contributed by atoms with van der Waals surface area (Å²) in [6, 6.07) is 0. The molecule has 0 aliphatic carbocycles. The van der Waals surface area contributed by atoms with Crippen molar-refractivity contribution in [2.45, 2.75) is 64.7 Å². The van der Waals surface area contributed by atoms with Crippen LogP contribution in [-0.4, -0.2) is 0 Å². The Bertz CT molecular complexity index is 133. The van der Waals surface area contributed by atoms with Gasteiger partial charge in [-0.15, -0.1) is 6.58 Å². The average molecular weight is 194 g/mol. The second-order valence-electron chi connectivity index (χ2n) is 3.89. The Morgan fingerprint density at radius 3 is 2.14 bits per heavy atom. The van der Waals surface area contributed by atoms with Gasteiger partial charge in [0.25, 0.3) is 0 Å². The summed E-state index contributed by atoms with van der Waals surface area (Å²) < 4.78 is 0. The molecular formula is C14H26. The Morgan fingerprint density at radius 1 is 0.786 bits per heavy atom. The fourth-order valence-electron chi connectivity index (χ4n) is 1.49. The monoisotopic (exact) mass is 194 g/mol. The lowest BCUT2D eigenvalue weighted by atomic mass is 10.1. The molecule has 0 aliphatic heterocycles. The van der Waals surface area contributed by atoms with Gasteiger partial charge < -0.3 is 0 Å². The molecule has 0 amide bonds. The maximum absolute atomic E-state index is 3.70. The Kier molecular flexibility index (Phi) is 12.0. The van der Waals surface area contributed by atoms with Gasteiger partial charge in [-0.25, -0.2) is 0 Å². The maximum Gasteiger partial charge on any atom is -0.0316 e. The molecule has 14 heavy (non-hydrogen) atoms. The van der Waals surface area contributed by atoms with E-state index in [4.69, 9.17) is 0 Å². The van der Waals surface area contributed by atoms with Crippen molar-refractivity contribution in [2.75, 3.05) is 0 Å². The average Bonchev–Trinajstić information content (AvgIpc) is 2.21. The van der Waals surface area contributed by atoms with Crippen LogP contribution in [0.4, 0.5) is 0 Å². The molecule has 82 valence electrons. The molecular weight excluding hydrogens is 168 g/mol. The summed E-state index contributed by atoms with van der Waals surface area (Å²) in [7, 11) is 0. The minimum atomic E-state index is 1.12. The molecule has 0 heteroatoms. The standard InChI is InChI=1S/C14H26/c1-3-5-7-9-11-13-14-12-10-8-6-4-2/h3,9,11H,1,4-8,10,12-14H2,2H3/b11-9+. The van der Waals surface area contributed by atoms with Crippen LogP contribution in [-0.2, 0) is 0 Å². The van der Waals surface area contributed by atoms with Gasteiger partial charge in [0, 0.05) is 0 Å².